The smallest absolute Gasteiger partial charge is 0.462 e. The van der Waals surface area contributed by atoms with Gasteiger partial charge in [-0.25, -0.2) is 9.36 Å². The Morgan fingerprint density at radius 1 is 1.16 bits per heavy atom. The van der Waals surface area contributed by atoms with E-state index in [2.05, 4.69) is 43.2 Å². The van der Waals surface area contributed by atoms with Gasteiger partial charge in [-0.05, 0) is 57.8 Å². The van der Waals surface area contributed by atoms with Crippen molar-refractivity contribution >= 4 is 58.1 Å². The van der Waals surface area contributed by atoms with E-state index in [-0.39, 0.29) is 11.6 Å². The predicted octanol–water partition coefficient (Wildman–Crippen LogP) is 2.27. The molecular weight excluding hydrogens is 683 g/mol. The highest BCUT2D eigenvalue weighted by Gasteiger charge is 2.49. The molecule has 1 saturated heterocycles. The van der Waals surface area contributed by atoms with Gasteiger partial charge in [0.15, 0.2) is 11.4 Å². The monoisotopic (exact) mass is 708 g/mol. The number of phosphoric ester groups is 1. The van der Waals surface area contributed by atoms with Crippen molar-refractivity contribution in [2.75, 3.05) is 18.1 Å². The second-order valence-electron chi connectivity index (χ2n) is 10.2. The molecule has 1 saturated carbocycles. The average Bonchev–Trinajstić information content (AvgIpc) is 3.70. The van der Waals surface area contributed by atoms with Gasteiger partial charge < -0.3 is 30.1 Å². The third-order valence-corrected chi connectivity index (χ3v) is 9.14. The minimum atomic E-state index is -5.11. The summed E-state index contributed by atoms with van der Waals surface area (Å²) in [6.45, 7) is -0.543. The van der Waals surface area contributed by atoms with Gasteiger partial charge >= 0.3 is 19.5 Å². The number of hydrogen-bond acceptors (Lipinski definition) is 12. The first kappa shape index (κ1) is 30.9. The number of nitrogens with two attached hydrogens (primary N) is 1. The molecule has 4 aromatic rings. The zero-order valence-electron chi connectivity index (χ0n) is 22.7. The number of nitrogens with zero attached hydrogens (tertiary/aromatic N) is 5. The fourth-order valence-corrected chi connectivity index (χ4v) is 7.01. The first-order valence-electron chi connectivity index (χ1n) is 13.3. The fourth-order valence-electron chi connectivity index (χ4n) is 5.13. The van der Waals surface area contributed by atoms with Crippen LogP contribution in [0.2, 0.25) is 0 Å². The highest BCUT2D eigenvalue weighted by Crippen LogP contribution is 2.45. The molecule has 2 aromatic heterocycles. The number of ether oxygens (including phenoxy) is 2. The fraction of sp³-hybridized carbons (Fsp3) is 0.346. The molecule has 0 bridgehead atoms. The van der Waals surface area contributed by atoms with Crippen LogP contribution in [0.3, 0.4) is 0 Å². The van der Waals surface area contributed by atoms with Crippen LogP contribution in [0.25, 0.3) is 16.5 Å². The summed E-state index contributed by atoms with van der Waals surface area (Å²) in [4.78, 5) is 47.4. The zero-order valence-corrected chi connectivity index (χ0v) is 26.0. The van der Waals surface area contributed by atoms with Gasteiger partial charge in [0.25, 0.3) is 0 Å². The van der Waals surface area contributed by atoms with Crippen molar-refractivity contribution < 1.29 is 38.3 Å². The van der Waals surface area contributed by atoms with Crippen molar-refractivity contribution in [3.8, 4) is 5.69 Å². The maximum Gasteiger partial charge on any atom is 0.470 e. The molecule has 1 aliphatic carbocycles. The number of carbonyl (C=O) groups is 1. The molecule has 2 aliphatic rings. The van der Waals surface area contributed by atoms with Gasteiger partial charge in [-0.1, -0.05) is 42.1 Å². The number of anilines is 1. The third kappa shape index (κ3) is 6.46. The van der Waals surface area contributed by atoms with Gasteiger partial charge in [0.1, 0.15) is 30.7 Å². The van der Waals surface area contributed by atoms with E-state index in [4.69, 9.17) is 19.7 Å². The summed E-state index contributed by atoms with van der Waals surface area (Å²) in [6.07, 6.45) is -2.61. The highest BCUT2D eigenvalue weighted by atomic mass is 79.9. The van der Waals surface area contributed by atoms with E-state index >= 15 is 0 Å². The van der Waals surface area contributed by atoms with Gasteiger partial charge in [0.05, 0.1) is 11.4 Å². The molecular formula is C26H26BrN6O9PS. The van der Waals surface area contributed by atoms with E-state index in [0.717, 1.165) is 45.6 Å². The molecule has 44 heavy (non-hydrogen) atoms. The molecule has 1 unspecified atom stereocenters. The van der Waals surface area contributed by atoms with E-state index in [1.165, 1.54) is 17.8 Å². The summed E-state index contributed by atoms with van der Waals surface area (Å²) in [5.41, 5.74) is 6.77. The van der Waals surface area contributed by atoms with Crippen molar-refractivity contribution in [2.45, 2.75) is 48.5 Å². The van der Waals surface area contributed by atoms with Gasteiger partial charge in [-0.15, -0.1) is 10.2 Å². The van der Waals surface area contributed by atoms with Crippen LogP contribution < -0.4 is 11.4 Å². The van der Waals surface area contributed by atoms with Crippen LogP contribution in [0.15, 0.2) is 63.3 Å². The second kappa shape index (κ2) is 12.3. The van der Waals surface area contributed by atoms with Crippen molar-refractivity contribution in [1.82, 2.24) is 24.3 Å². The maximum absolute atomic E-state index is 12.8. The molecule has 2 aromatic carbocycles. The van der Waals surface area contributed by atoms with E-state index in [1.807, 2.05) is 24.3 Å². The van der Waals surface area contributed by atoms with Gasteiger partial charge in [-0.2, -0.15) is 4.98 Å². The quantitative estimate of drug-likeness (QED) is 0.106. The Balaban J connectivity index is 1.15. The number of fused-ring (bicyclic) bond motifs is 1. The topological polar surface area (TPSA) is 214 Å². The first-order valence-corrected chi connectivity index (χ1v) is 16.6. The lowest BCUT2D eigenvalue weighted by Crippen LogP contribution is -2.38. The molecule has 0 spiro atoms. The number of carbonyl (C=O) groups excluding carboxylic acids is 1. The van der Waals surface area contributed by atoms with E-state index in [9.17, 15) is 29.0 Å². The number of thioether (sulfide) groups is 1. The van der Waals surface area contributed by atoms with Crippen LogP contribution in [0.5, 0.6) is 0 Å². The SMILES string of the molecule is Nc1ccn([C@@H]2O[C@H](COC(=O)CSc3nnc(Br)n3-c3ccc(C4CC4)c4ccccc34)[C@H](OP(=O)(O)O)C2O)c(=O)n1. The molecule has 232 valence electrons. The Bertz CT molecular complexity index is 1830. The number of phosphoric acid groups is 1. The third-order valence-electron chi connectivity index (χ3n) is 7.21. The van der Waals surface area contributed by atoms with Crippen LogP contribution in [-0.2, 0) is 23.4 Å². The van der Waals surface area contributed by atoms with Crippen molar-refractivity contribution in [3.05, 3.63) is 69.4 Å². The van der Waals surface area contributed by atoms with Crippen molar-refractivity contribution in [2.24, 2.45) is 0 Å². The molecule has 0 radical (unpaired) electrons. The number of aromatic nitrogens is 5. The first-order chi connectivity index (χ1) is 21.0. The van der Waals surface area contributed by atoms with Gasteiger partial charge in [0, 0.05) is 11.6 Å². The molecule has 1 aliphatic heterocycles. The normalized spacial score (nSPS) is 22.0. The Hall–Kier alpha value is -3.15. The summed E-state index contributed by atoms with van der Waals surface area (Å²) < 4.78 is 30.4. The molecule has 3 heterocycles. The largest absolute Gasteiger partial charge is 0.470 e. The van der Waals surface area contributed by atoms with Gasteiger partial charge in [-0.3, -0.25) is 18.5 Å². The predicted molar refractivity (Wildman–Crippen MR) is 160 cm³/mol. The lowest BCUT2D eigenvalue weighted by Gasteiger charge is -2.20. The molecule has 6 rings (SSSR count). The number of halogens is 1. The van der Waals surface area contributed by atoms with E-state index in [1.54, 1.807) is 4.57 Å². The Labute approximate surface area is 261 Å². The number of rotatable bonds is 10. The summed E-state index contributed by atoms with van der Waals surface area (Å²) in [5.74, 6) is -0.431. The van der Waals surface area contributed by atoms with Crippen LogP contribution in [-0.4, -0.2) is 75.8 Å². The number of aliphatic hydroxyl groups excluding tert-OH is 1. The lowest BCUT2D eigenvalue weighted by molar-refractivity contribution is -0.146. The Kier molecular flexibility index (Phi) is 8.65. The summed E-state index contributed by atoms with van der Waals surface area (Å²) >= 11 is 4.53. The van der Waals surface area contributed by atoms with E-state index in [0.29, 0.717) is 15.8 Å². The molecule has 15 nitrogen and oxygen atoms in total. The Morgan fingerprint density at radius 3 is 2.61 bits per heavy atom. The van der Waals surface area contributed by atoms with E-state index < -0.39 is 50.6 Å². The summed E-state index contributed by atoms with van der Waals surface area (Å²) in [6, 6.07) is 13.5. The van der Waals surface area contributed by atoms with Crippen LogP contribution in [0.4, 0.5) is 5.82 Å². The maximum atomic E-state index is 12.8. The van der Waals surface area contributed by atoms with Crippen LogP contribution in [0, 0.1) is 0 Å². The molecule has 0 amide bonds. The Morgan fingerprint density at radius 2 is 1.91 bits per heavy atom. The minimum absolute atomic E-state index is 0.0731. The van der Waals surface area contributed by atoms with Crippen molar-refractivity contribution in [3.63, 3.8) is 0 Å². The average molecular weight is 709 g/mol. The lowest BCUT2D eigenvalue weighted by atomic mass is 9.99. The number of esters is 1. The summed E-state index contributed by atoms with van der Waals surface area (Å²) in [7, 11) is -5.11. The minimum Gasteiger partial charge on any atom is -0.462 e. The van der Waals surface area contributed by atoms with Crippen LogP contribution in [0.1, 0.15) is 30.6 Å². The number of nitrogen functional groups attached to an aromatic ring is 1. The highest BCUT2D eigenvalue weighted by molar-refractivity contribution is 9.10. The molecule has 18 heteroatoms. The molecule has 2 fully saturated rings. The van der Waals surface area contributed by atoms with Crippen LogP contribution >= 0.6 is 35.5 Å². The molecule has 4 atom stereocenters. The van der Waals surface area contributed by atoms with Crippen molar-refractivity contribution in [1.29, 1.82) is 0 Å². The van der Waals surface area contributed by atoms with Gasteiger partial charge in [0.2, 0.25) is 4.73 Å². The standard InChI is InChI=1S/C26H26BrN6O9PS/c27-24-30-31-26(33(24)17-8-7-14(13-5-6-13)15-3-1-2-4-16(15)17)44-12-20(34)40-11-18-22(42-43(37,38)39)21(35)23(41-18)32-10-9-19(28)29-25(32)36/h1-4,7-10,13,18,21-23,35H,5-6,11-12H2,(H2,28,29,36)(H2,37,38,39)/t18-,21?,22+,23-/m1/s1. The number of aliphatic hydroxyl groups is 1. The zero-order chi connectivity index (χ0) is 31.2. The number of benzene rings is 2. The number of hydrogen-bond donors (Lipinski definition) is 4. The summed E-state index contributed by atoms with van der Waals surface area (Å²) in [5, 5.41) is 21.7. The molecule has 5 N–H and O–H groups in total. The second-order valence-corrected chi connectivity index (χ2v) is 13.1.